The second-order valence-electron chi connectivity index (χ2n) is 5.77. The van der Waals surface area contributed by atoms with Gasteiger partial charge in [-0.3, -0.25) is 4.90 Å². The fraction of sp³-hybridized carbons (Fsp3) is 0.625. The lowest BCUT2D eigenvalue weighted by Gasteiger charge is -2.39. The number of ether oxygens (including phenoxy) is 2. The molecule has 2 unspecified atom stereocenters. The molecule has 20 heavy (non-hydrogen) atoms. The van der Waals surface area contributed by atoms with Crippen molar-refractivity contribution >= 4 is 0 Å². The standard InChI is InChI=1S/C16H24N2O2/c1-19-12-6-7-13-15(10-12)20-11-14(17)16(13)18-8-4-2-3-5-9-18/h6-7,10,14,16H,2-5,8-9,11,17H2,1H3. The van der Waals surface area contributed by atoms with Crippen molar-refractivity contribution in [2.45, 2.75) is 37.8 Å². The van der Waals surface area contributed by atoms with Gasteiger partial charge in [0.05, 0.1) is 19.2 Å². The molecule has 2 aliphatic heterocycles. The van der Waals surface area contributed by atoms with Gasteiger partial charge in [0.1, 0.15) is 18.1 Å². The molecular formula is C16H24N2O2. The predicted octanol–water partition coefficient (Wildman–Crippen LogP) is 2.33. The summed E-state index contributed by atoms with van der Waals surface area (Å²) in [5, 5.41) is 0. The van der Waals surface area contributed by atoms with Crippen LogP contribution in [0.1, 0.15) is 37.3 Å². The summed E-state index contributed by atoms with van der Waals surface area (Å²) in [5.41, 5.74) is 7.56. The molecule has 0 spiro atoms. The monoisotopic (exact) mass is 276 g/mol. The van der Waals surface area contributed by atoms with Gasteiger partial charge in [-0.1, -0.05) is 12.8 Å². The van der Waals surface area contributed by atoms with Crippen molar-refractivity contribution in [3.05, 3.63) is 23.8 Å². The van der Waals surface area contributed by atoms with Crippen LogP contribution in [0.5, 0.6) is 11.5 Å². The number of fused-ring (bicyclic) bond motifs is 1. The van der Waals surface area contributed by atoms with Gasteiger partial charge in [0.25, 0.3) is 0 Å². The highest BCUT2D eigenvalue weighted by Gasteiger charge is 2.33. The Morgan fingerprint density at radius 2 is 1.95 bits per heavy atom. The smallest absolute Gasteiger partial charge is 0.127 e. The third kappa shape index (κ3) is 2.63. The average Bonchev–Trinajstić information content (AvgIpc) is 2.75. The van der Waals surface area contributed by atoms with Gasteiger partial charge in [-0.2, -0.15) is 0 Å². The number of nitrogens with two attached hydrogens (primary N) is 1. The Balaban J connectivity index is 1.90. The van der Waals surface area contributed by atoms with Crippen LogP contribution in [-0.2, 0) is 0 Å². The van der Waals surface area contributed by atoms with Crippen LogP contribution in [0, 0.1) is 0 Å². The lowest BCUT2D eigenvalue weighted by molar-refractivity contribution is 0.121. The van der Waals surface area contributed by atoms with Crippen LogP contribution in [0.25, 0.3) is 0 Å². The van der Waals surface area contributed by atoms with E-state index in [0.717, 1.165) is 24.6 Å². The van der Waals surface area contributed by atoms with E-state index in [1.165, 1.54) is 31.2 Å². The number of methoxy groups -OCH3 is 1. The molecule has 1 aromatic carbocycles. The molecular weight excluding hydrogens is 252 g/mol. The second kappa shape index (κ2) is 6.02. The number of likely N-dealkylation sites (tertiary alicyclic amines) is 1. The van der Waals surface area contributed by atoms with E-state index < -0.39 is 0 Å². The fourth-order valence-corrected chi connectivity index (χ4v) is 3.36. The summed E-state index contributed by atoms with van der Waals surface area (Å²) in [6, 6.07) is 6.43. The number of hydrogen-bond donors (Lipinski definition) is 1. The first kappa shape index (κ1) is 13.7. The number of benzene rings is 1. The molecule has 110 valence electrons. The molecule has 1 saturated heterocycles. The minimum absolute atomic E-state index is 0.0500. The van der Waals surface area contributed by atoms with Crippen LogP contribution in [0.3, 0.4) is 0 Å². The zero-order valence-electron chi connectivity index (χ0n) is 12.2. The summed E-state index contributed by atoms with van der Waals surface area (Å²) in [6.45, 7) is 2.87. The Labute approximate surface area is 120 Å². The van der Waals surface area contributed by atoms with Gasteiger partial charge in [0, 0.05) is 11.6 Å². The minimum atomic E-state index is 0.0500. The van der Waals surface area contributed by atoms with Crippen LogP contribution >= 0.6 is 0 Å². The number of hydrogen-bond acceptors (Lipinski definition) is 4. The molecule has 0 radical (unpaired) electrons. The molecule has 0 aromatic heterocycles. The molecule has 3 rings (SSSR count). The Kier molecular flexibility index (Phi) is 4.13. The summed E-state index contributed by atoms with van der Waals surface area (Å²) < 4.78 is 11.1. The maximum atomic E-state index is 6.35. The molecule has 4 heteroatoms. The van der Waals surface area contributed by atoms with Crippen LogP contribution in [0.2, 0.25) is 0 Å². The van der Waals surface area contributed by atoms with Gasteiger partial charge in [-0.05, 0) is 38.1 Å². The Morgan fingerprint density at radius 3 is 2.65 bits per heavy atom. The maximum Gasteiger partial charge on any atom is 0.127 e. The van der Waals surface area contributed by atoms with E-state index in [1.807, 2.05) is 12.1 Å². The molecule has 0 amide bonds. The highest BCUT2D eigenvalue weighted by atomic mass is 16.5. The molecule has 2 heterocycles. The first-order chi connectivity index (χ1) is 9.79. The van der Waals surface area contributed by atoms with Crippen molar-refractivity contribution in [2.24, 2.45) is 5.73 Å². The third-order valence-corrected chi connectivity index (χ3v) is 4.41. The van der Waals surface area contributed by atoms with E-state index >= 15 is 0 Å². The lowest BCUT2D eigenvalue weighted by Crippen LogP contribution is -2.47. The van der Waals surface area contributed by atoms with Crippen LogP contribution in [0.4, 0.5) is 0 Å². The van der Waals surface area contributed by atoms with E-state index in [2.05, 4.69) is 11.0 Å². The number of rotatable bonds is 2. The van der Waals surface area contributed by atoms with Crippen molar-refractivity contribution in [1.82, 2.24) is 4.90 Å². The summed E-state index contributed by atoms with van der Waals surface area (Å²) >= 11 is 0. The zero-order valence-corrected chi connectivity index (χ0v) is 12.2. The molecule has 0 saturated carbocycles. The molecule has 2 aliphatic rings. The average molecular weight is 276 g/mol. The maximum absolute atomic E-state index is 6.35. The van der Waals surface area contributed by atoms with Crippen molar-refractivity contribution in [1.29, 1.82) is 0 Å². The van der Waals surface area contributed by atoms with Crippen LogP contribution in [0.15, 0.2) is 18.2 Å². The van der Waals surface area contributed by atoms with Crippen molar-refractivity contribution in [2.75, 3.05) is 26.8 Å². The SMILES string of the molecule is COc1ccc2c(c1)OCC(N)C2N1CCCCCC1. The minimum Gasteiger partial charge on any atom is -0.497 e. The van der Waals surface area contributed by atoms with Crippen LogP contribution in [-0.4, -0.2) is 37.7 Å². The van der Waals surface area contributed by atoms with Gasteiger partial charge in [-0.15, -0.1) is 0 Å². The van der Waals surface area contributed by atoms with Crippen molar-refractivity contribution in [3.8, 4) is 11.5 Å². The summed E-state index contributed by atoms with van der Waals surface area (Å²) in [7, 11) is 1.68. The fourth-order valence-electron chi connectivity index (χ4n) is 3.36. The summed E-state index contributed by atoms with van der Waals surface area (Å²) in [4.78, 5) is 2.55. The largest absolute Gasteiger partial charge is 0.497 e. The molecule has 0 aliphatic carbocycles. The molecule has 1 aromatic rings. The molecule has 2 atom stereocenters. The normalized spacial score (nSPS) is 27.3. The Hall–Kier alpha value is -1.26. The predicted molar refractivity (Wildman–Crippen MR) is 79.2 cm³/mol. The van der Waals surface area contributed by atoms with E-state index in [-0.39, 0.29) is 12.1 Å². The van der Waals surface area contributed by atoms with Gasteiger partial charge < -0.3 is 15.2 Å². The Bertz CT molecular complexity index is 456. The van der Waals surface area contributed by atoms with Gasteiger partial charge in [-0.25, -0.2) is 0 Å². The van der Waals surface area contributed by atoms with E-state index in [1.54, 1.807) is 7.11 Å². The van der Waals surface area contributed by atoms with Gasteiger partial charge >= 0.3 is 0 Å². The first-order valence-corrected chi connectivity index (χ1v) is 7.60. The van der Waals surface area contributed by atoms with E-state index in [0.29, 0.717) is 6.61 Å². The van der Waals surface area contributed by atoms with Gasteiger partial charge in [0.2, 0.25) is 0 Å². The molecule has 0 bridgehead atoms. The summed E-state index contributed by atoms with van der Waals surface area (Å²) in [5.74, 6) is 1.77. The first-order valence-electron chi connectivity index (χ1n) is 7.60. The van der Waals surface area contributed by atoms with E-state index in [4.69, 9.17) is 15.2 Å². The highest BCUT2D eigenvalue weighted by Crippen LogP contribution is 2.38. The Morgan fingerprint density at radius 1 is 1.20 bits per heavy atom. The molecule has 2 N–H and O–H groups in total. The highest BCUT2D eigenvalue weighted by molar-refractivity contribution is 5.44. The molecule has 4 nitrogen and oxygen atoms in total. The van der Waals surface area contributed by atoms with Crippen LogP contribution < -0.4 is 15.2 Å². The van der Waals surface area contributed by atoms with Crippen molar-refractivity contribution in [3.63, 3.8) is 0 Å². The molecule has 1 fully saturated rings. The lowest BCUT2D eigenvalue weighted by atomic mass is 9.94. The summed E-state index contributed by atoms with van der Waals surface area (Å²) in [6.07, 6.45) is 5.22. The quantitative estimate of drug-likeness (QED) is 0.900. The van der Waals surface area contributed by atoms with Gasteiger partial charge in [0.15, 0.2) is 0 Å². The zero-order chi connectivity index (χ0) is 13.9. The second-order valence-corrected chi connectivity index (χ2v) is 5.77. The topological polar surface area (TPSA) is 47.7 Å². The van der Waals surface area contributed by atoms with Crippen molar-refractivity contribution < 1.29 is 9.47 Å². The van der Waals surface area contributed by atoms with E-state index in [9.17, 15) is 0 Å². The third-order valence-electron chi connectivity index (χ3n) is 4.41. The number of nitrogens with zero attached hydrogens (tertiary/aromatic N) is 1.